The summed E-state index contributed by atoms with van der Waals surface area (Å²) in [5.41, 5.74) is 0.736. The molecule has 0 atom stereocenters. The molecule has 0 radical (unpaired) electrons. The fourth-order valence-corrected chi connectivity index (χ4v) is 2.34. The third-order valence-corrected chi connectivity index (χ3v) is 3.36. The SMILES string of the molecule is COC(=O)c1cc(F)c2c(c1)CCN(C(=O)OC(C)(C)C)C2. The highest BCUT2D eigenvalue weighted by atomic mass is 19.1. The van der Waals surface area contributed by atoms with Crippen LogP contribution in [0.15, 0.2) is 12.1 Å². The molecule has 22 heavy (non-hydrogen) atoms. The molecule has 0 saturated carbocycles. The van der Waals surface area contributed by atoms with Crippen molar-refractivity contribution in [3.63, 3.8) is 0 Å². The van der Waals surface area contributed by atoms with Crippen LogP contribution in [0.1, 0.15) is 42.3 Å². The molecule has 1 amide bonds. The Morgan fingerprint density at radius 1 is 1.27 bits per heavy atom. The van der Waals surface area contributed by atoms with E-state index in [0.717, 1.165) is 11.6 Å². The van der Waals surface area contributed by atoms with Gasteiger partial charge in [0.2, 0.25) is 0 Å². The highest BCUT2D eigenvalue weighted by Crippen LogP contribution is 2.25. The maximum Gasteiger partial charge on any atom is 0.410 e. The van der Waals surface area contributed by atoms with E-state index in [0.29, 0.717) is 18.5 Å². The van der Waals surface area contributed by atoms with Crippen LogP contribution in [0.4, 0.5) is 9.18 Å². The van der Waals surface area contributed by atoms with Gasteiger partial charge in [-0.25, -0.2) is 14.0 Å². The van der Waals surface area contributed by atoms with E-state index < -0.39 is 23.5 Å². The smallest absolute Gasteiger partial charge is 0.410 e. The first-order valence-electron chi connectivity index (χ1n) is 7.09. The van der Waals surface area contributed by atoms with E-state index >= 15 is 0 Å². The van der Waals surface area contributed by atoms with Crippen molar-refractivity contribution in [2.45, 2.75) is 39.3 Å². The van der Waals surface area contributed by atoms with Crippen LogP contribution in [0, 0.1) is 5.82 Å². The lowest BCUT2D eigenvalue weighted by atomic mass is 9.97. The Hall–Kier alpha value is -2.11. The van der Waals surface area contributed by atoms with E-state index in [1.54, 1.807) is 26.8 Å². The molecule has 6 heteroatoms. The number of ether oxygens (including phenoxy) is 2. The first-order valence-corrected chi connectivity index (χ1v) is 7.09. The van der Waals surface area contributed by atoms with Crippen molar-refractivity contribution in [3.05, 3.63) is 34.6 Å². The van der Waals surface area contributed by atoms with Gasteiger partial charge in [-0.1, -0.05) is 0 Å². The summed E-state index contributed by atoms with van der Waals surface area (Å²) in [6.45, 7) is 5.91. The normalized spacial score (nSPS) is 14.3. The van der Waals surface area contributed by atoms with Crippen LogP contribution in [-0.2, 0) is 22.4 Å². The molecule has 1 aliphatic heterocycles. The molecule has 0 saturated heterocycles. The Morgan fingerprint density at radius 2 is 1.95 bits per heavy atom. The first-order chi connectivity index (χ1) is 10.2. The minimum Gasteiger partial charge on any atom is -0.465 e. The number of methoxy groups -OCH3 is 1. The Morgan fingerprint density at radius 3 is 2.55 bits per heavy atom. The van der Waals surface area contributed by atoms with Gasteiger partial charge in [-0.3, -0.25) is 0 Å². The van der Waals surface area contributed by atoms with Gasteiger partial charge in [0, 0.05) is 12.1 Å². The second-order valence-electron chi connectivity index (χ2n) is 6.24. The Balaban J connectivity index is 2.21. The zero-order chi connectivity index (χ0) is 16.5. The van der Waals surface area contributed by atoms with E-state index in [-0.39, 0.29) is 12.1 Å². The molecule has 0 fully saturated rings. The van der Waals surface area contributed by atoms with Crippen molar-refractivity contribution in [1.82, 2.24) is 4.90 Å². The maximum atomic E-state index is 14.2. The van der Waals surface area contributed by atoms with Crippen LogP contribution >= 0.6 is 0 Å². The highest BCUT2D eigenvalue weighted by Gasteiger charge is 2.28. The second-order valence-corrected chi connectivity index (χ2v) is 6.24. The topological polar surface area (TPSA) is 55.8 Å². The van der Waals surface area contributed by atoms with E-state index in [2.05, 4.69) is 4.74 Å². The van der Waals surface area contributed by atoms with Gasteiger partial charge in [-0.15, -0.1) is 0 Å². The zero-order valence-corrected chi connectivity index (χ0v) is 13.2. The number of hydrogen-bond donors (Lipinski definition) is 0. The van der Waals surface area contributed by atoms with Gasteiger partial charge in [-0.2, -0.15) is 0 Å². The Labute approximate surface area is 129 Å². The molecule has 1 aromatic carbocycles. The quantitative estimate of drug-likeness (QED) is 0.749. The van der Waals surface area contributed by atoms with Crippen molar-refractivity contribution in [3.8, 4) is 0 Å². The number of fused-ring (bicyclic) bond motifs is 1. The van der Waals surface area contributed by atoms with Gasteiger partial charge in [0.15, 0.2) is 0 Å². The van der Waals surface area contributed by atoms with Crippen LogP contribution in [-0.4, -0.2) is 36.2 Å². The van der Waals surface area contributed by atoms with Crippen molar-refractivity contribution in [2.75, 3.05) is 13.7 Å². The van der Waals surface area contributed by atoms with Gasteiger partial charge in [0.25, 0.3) is 0 Å². The van der Waals surface area contributed by atoms with Crippen LogP contribution < -0.4 is 0 Å². The van der Waals surface area contributed by atoms with Crippen LogP contribution in [0.5, 0.6) is 0 Å². The number of halogens is 1. The number of carbonyl (C=O) groups excluding carboxylic acids is 2. The first kappa shape index (κ1) is 16.3. The average molecular weight is 309 g/mol. The molecular weight excluding hydrogens is 289 g/mol. The predicted octanol–water partition coefficient (Wildman–Crippen LogP) is 2.91. The number of carbonyl (C=O) groups is 2. The highest BCUT2D eigenvalue weighted by molar-refractivity contribution is 5.89. The summed E-state index contributed by atoms with van der Waals surface area (Å²) >= 11 is 0. The lowest BCUT2D eigenvalue weighted by Crippen LogP contribution is -2.40. The van der Waals surface area contributed by atoms with Gasteiger partial charge in [-0.05, 0) is 44.9 Å². The fraction of sp³-hybridized carbons (Fsp3) is 0.500. The Bertz CT molecular complexity index is 607. The monoisotopic (exact) mass is 309 g/mol. The Kier molecular flexibility index (Phi) is 4.39. The molecule has 0 bridgehead atoms. The molecule has 120 valence electrons. The summed E-state index contributed by atoms with van der Waals surface area (Å²) in [6, 6.07) is 2.76. The number of benzene rings is 1. The fourth-order valence-electron chi connectivity index (χ4n) is 2.34. The molecule has 0 unspecified atom stereocenters. The van der Waals surface area contributed by atoms with Gasteiger partial charge in [0.05, 0.1) is 19.2 Å². The number of hydrogen-bond acceptors (Lipinski definition) is 4. The molecular formula is C16H20FNO4. The third kappa shape index (κ3) is 3.55. The summed E-state index contributed by atoms with van der Waals surface area (Å²) in [4.78, 5) is 25.0. The minimum absolute atomic E-state index is 0.136. The van der Waals surface area contributed by atoms with Crippen molar-refractivity contribution in [2.24, 2.45) is 0 Å². The zero-order valence-electron chi connectivity index (χ0n) is 13.2. The average Bonchev–Trinajstić information content (AvgIpc) is 2.44. The van der Waals surface area contributed by atoms with Gasteiger partial charge < -0.3 is 14.4 Å². The number of esters is 1. The molecule has 1 heterocycles. The minimum atomic E-state index is -0.593. The van der Waals surface area contributed by atoms with E-state index in [9.17, 15) is 14.0 Å². The molecule has 1 aromatic rings. The number of nitrogens with zero attached hydrogens (tertiary/aromatic N) is 1. The largest absolute Gasteiger partial charge is 0.465 e. The molecule has 0 N–H and O–H groups in total. The van der Waals surface area contributed by atoms with Crippen molar-refractivity contribution in [1.29, 1.82) is 0 Å². The molecule has 0 spiro atoms. The summed E-state index contributed by atoms with van der Waals surface area (Å²) in [6.07, 6.45) is 0.00524. The standard InChI is InChI=1S/C16H20FNO4/c1-16(2,3)22-15(20)18-6-5-10-7-11(14(19)21-4)8-13(17)12(10)9-18/h7-8H,5-6,9H2,1-4H3. The predicted molar refractivity (Wildman–Crippen MR) is 78.1 cm³/mol. The number of rotatable bonds is 1. The van der Waals surface area contributed by atoms with Gasteiger partial charge >= 0.3 is 12.1 Å². The molecule has 2 rings (SSSR count). The summed E-state index contributed by atoms with van der Waals surface area (Å²) in [7, 11) is 1.25. The molecule has 0 aromatic heterocycles. The van der Waals surface area contributed by atoms with Crippen LogP contribution in [0.2, 0.25) is 0 Å². The van der Waals surface area contributed by atoms with Crippen LogP contribution in [0.3, 0.4) is 0 Å². The van der Waals surface area contributed by atoms with Crippen molar-refractivity contribution < 1.29 is 23.5 Å². The second kappa shape index (κ2) is 5.94. The van der Waals surface area contributed by atoms with Gasteiger partial charge in [0.1, 0.15) is 11.4 Å². The third-order valence-electron chi connectivity index (χ3n) is 3.36. The molecule has 5 nitrogen and oxygen atoms in total. The van der Waals surface area contributed by atoms with Crippen LogP contribution in [0.25, 0.3) is 0 Å². The lowest BCUT2D eigenvalue weighted by molar-refractivity contribution is 0.0221. The number of amides is 1. The van der Waals surface area contributed by atoms with E-state index in [1.165, 1.54) is 12.0 Å². The summed E-state index contributed by atoms with van der Waals surface area (Å²) in [5, 5.41) is 0. The van der Waals surface area contributed by atoms with E-state index in [1.807, 2.05) is 0 Å². The van der Waals surface area contributed by atoms with Crippen molar-refractivity contribution >= 4 is 12.1 Å². The molecule has 0 aliphatic carbocycles. The summed E-state index contributed by atoms with van der Waals surface area (Å²) < 4.78 is 24.1. The maximum absolute atomic E-state index is 14.2. The summed E-state index contributed by atoms with van der Waals surface area (Å²) in [5.74, 6) is -1.08. The molecule has 1 aliphatic rings. The lowest BCUT2D eigenvalue weighted by Gasteiger charge is -2.31. The van der Waals surface area contributed by atoms with E-state index in [4.69, 9.17) is 4.74 Å².